The van der Waals surface area contributed by atoms with E-state index in [0.29, 0.717) is 38.0 Å². The molecule has 4 nitrogen and oxygen atoms in total. The standard InChI is InChI=1S/C8H15NO3S/c10-13(11,7-8-1-2-8)9-3-5-12-6-4-9/h8H,1-7H2. The third-order valence-electron chi connectivity index (χ3n) is 2.51. The Morgan fingerprint density at radius 2 is 1.85 bits per heavy atom. The van der Waals surface area contributed by atoms with Crippen molar-refractivity contribution in [2.75, 3.05) is 32.1 Å². The van der Waals surface area contributed by atoms with Gasteiger partial charge in [0.05, 0.1) is 19.0 Å². The van der Waals surface area contributed by atoms with Gasteiger partial charge < -0.3 is 4.74 Å². The molecule has 0 aromatic carbocycles. The first-order chi connectivity index (χ1) is 6.18. The van der Waals surface area contributed by atoms with E-state index in [9.17, 15) is 8.42 Å². The number of morpholine rings is 1. The zero-order valence-electron chi connectivity index (χ0n) is 7.61. The smallest absolute Gasteiger partial charge is 0.214 e. The second kappa shape index (κ2) is 3.55. The van der Waals surface area contributed by atoms with Crippen LogP contribution in [0.25, 0.3) is 0 Å². The van der Waals surface area contributed by atoms with Crippen molar-refractivity contribution >= 4 is 10.0 Å². The monoisotopic (exact) mass is 205 g/mol. The summed E-state index contributed by atoms with van der Waals surface area (Å²) in [7, 11) is -2.97. The first-order valence-electron chi connectivity index (χ1n) is 4.74. The molecule has 0 aromatic heterocycles. The summed E-state index contributed by atoms with van der Waals surface area (Å²) in [5, 5.41) is 0. The Morgan fingerprint density at radius 1 is 1.23 bits per heavy atom. The highest BCUT2D eigenvalue weighted by molar-refractivity contribution is 7.89. The molecule has 1 aliphatic carbocycles. The third-order valence-corrected chi connectivity index (χ3v) is 4.55. The summed E-state index contributed by atoms with van der Waals surface area (Å²) >= 11 is 0. The number of sulfonamides is 1. The molecule has 0 bridgehead atoms. The molecule has 1 saturated heterocycles. The molecule has 13 heavy (non-hydrogen) atoms. The van der Waals surface area contributed by atoms with Gasteiger partial charge in [0.1, 0.15) is 0 Å². The molecule has 1 saturated carbocycles. The lowest BCUT2D eigenvalue weighted by Crippen LogP contribution is -2.42. The van der Waals surface area contributed by atoms with Gasteiger partial charge in [-0.05, 0) is 18.8 Å². The van der Waals surface area contributed by atoms with Gasteiger partial charge in [-0.15, -0.1) is 0 Å². The SMILES string of the molecule is O=S(=O)(CC1CC1)N1CCOCC1. The second-order valence-corrected chi connectivity index (χ2v) is 5.75. The van der Waals surface area contributed by atoms with Crippen molar-refractivity contribution in [1.29, 1.82) is 0 Å². The molecule has 0 aromatic rings. The quantitative estimate of drug-likeness (QED) is 0.654. The maximum absolute atomic E-state index is 11.7. The van der Waals surface area contributed by atoms with Gasteiger partial charge in [0.25, 0.3) is 0 Å². The lowest BCUT2D eigenvalue weighted by molar-refractivity contribution is 0.0730. The number of ether oxygens (including phenoxy) is 1. The topological polar surface area (TPSA) is 46.6 Å². The summed E-state index contributed by atoms with van der Waals surface area (Å²) in [4.78, 5) is 0. The molecule has 0 unspecified atom stereocenters. The highest BCUT2D eigenvalue weighted by Crippen LogP contribution is 2.31. The van der Waals surface area contributed by atoms with Gasteiger partial charge in [-0.25, -0.2) is 8.42 Å². The molecule has 2 fully saturated rings. The summed E-state index contributed by atoms with van der Waals surface area (Å²) in [5.41, 5.74) is 0. The van der Waals surface area contributed by atoms with E-state index in [2.05, 4.69) is 0 Å². The maximum Gasteiger partial charge on any atom is 0.214 e. The Bertz CT molecular complexity index is 265. The van der Waals surface area contributed by atoms with Gasteiger partial charge in [0.2, 0.25) is 10.0 Å². The van der Waals surface area contributed by atoms with Crippen LogP contribution in [0, 0.1) is 5.92 Å². The molecule has 0 spiro atoms. The van der Waals surface area contributed by atoms with Crippen LogP contribution in [0.5, 0.6) is 0 Å². The van der Waals surface area contributed by atoms with E-state index in [0.717, 1.165) is 12.8 Å². The average molecular weight is 205 g/mol. The lowest BCUT2D eigenvalue weighted by Gasteiger charge is -2.25. The van der Waals surface area contributed by atoms with E-state index in [1.807, 2.05) is 0 Å². The highest BCUT2D eigenvalue weighted by atomic mass is 32.2. The second-order valence-electron chi connectivity index (χ2n) is 3.73. The van der Waals surface area contributed by atoms with Crippen molar-refractivity contribution in [1.82, 2.24) is 4.31 Å². The van der Waals surface area contributed by atoms with Crippen LogP contribution in [-0.4, -0.2) is 44.8 Å². The summed E-state index contributed by atoms with van der Waals surface area (Å²) in [6.45, 7) is 2.16. The van der Waals surface area contributed by atoms with E-state index in [1.54, 1.807) is 4.31 Å². The van der Waals surface area contributed by atoms with Crippen LogP contribution in [0.3, 0.4) is 0 Å². The largest absolute Gasteiger partial charge is 0.379 e. The number of hydrogen-bond donors (Lipinski definition) is 0. The predicted octanol–water partition coefficient (Wildman–Crippen LogP) is 0.0584. The molecule has 1 aliphatic heterocycles. The highest BCUT2D eigenvalue weighted by Gasteiger charge is 2.32. The van der Waals surface area contributed by atoms with E-state index in [4.69, 9.17) is 4.74 Å². The number of hydrogen-bond acceptors (Lipinski definition) is 3. The zero-order chi connectivity index (χ0) is 9.31. The summed E-state index contributed by atoms with van der Waals surface area (Å²) in [6.07, 6.45) is 2.17. The van der Waals surface area contributed by atoms with Crippen molar-refractivity contribution in [3.63, 3.8) is 0 Å². The van der Waals surface area contributed by atoms with Gasteiger partial charge in [0.15, 0.2) is 0 Å². The van der Waals surface area contributed by atoms with Gasteiger partial charge >= 0.3 is 0 Å². The normalized spacial score (nSPS) is 26.2. The fraction of sp³-hybridized carbons (Fsp3) is 1.00. The van der Waals surface area contributed by atoms with Gasteiger partial charge in [0, 0.05) is 13.1 Å². The summed E-state index contributed by atoms with van der Waals surface area (Å²) < 4.78 is 30.1. The molecule has 2 rings (SSSR count). The minimum atomic E-state index is -2.97. The minimum Gasteiger partial charge on any atom is -0.379 e. The fourth-order valence-electron chi connectivity index (χ4n) is 1.51. The maximum atomic E-state index is 11.7. The Morgan fingerprint density at radius 3 is 2.38 bits per heavy atom. The summed E-state index contributed by atoms with van der Waals surface area (Å²) in [6, 6.07) is 0. The first-order valence-corrected chi connectivity index (χ1v) is 6.35. The molecule has 0 atom stereocenters. The zero-order valence-corrected chi connectivity index (χ0v) is 8.42. The third kappa shape index (κ3) is 2.42. The van der Waals surface area contributed by atoms with E-state index in [1.165, 1.54) is 0 Å². The van der Waals surface area contributed by atoms with Crippen LogP contribution in [-0.2, 0) is 14.8 Å². The van der Waals surface area contributed by atoms with Crippen molar-refractivity contribution in [3.05, 3.63) is 0 Å². The van der Waals surface area contributed by atoms with Crippen molar-refractivity contribution in [2.24, 2.45) is 5.92 Å². The lowest BCUT2D eigenvalue weighted by atomic mass is 10.5. The van der Waals surface area contributed by atoms with Crippen LogP contribution in [0.1, 0.15) is 12.8 Å². The molecule has 2 aliphatic rings. The van der Waals surface area contributed by atoms with E-state index < -0.39 is 10.0 Å². The van der Waals surface area contributed by atoms with Crippen LogP contribution < -0.4 is 0 Å². The first kappa shape index (κ1) is 9.43. The van der Waals surface area contributed by atoms with Gasteiger partial charge in [-0.2, -0.15) is 4.31 Å². The van der Waals surface area contributed by atoms with Crippen LogP contribution in [0.4, 0.5) is 0 Å². The van der Waals surface area contributed by atoms with Gasteiger partial charge in [-0.3, -0.25) is 0 Å². The molecule has 76 valence electrons. The van der Waals surface area contributed by atoms with Crippen LogP contribution in [0.2, 0.25) is 0 Å². The van der Waals surface area contributed by atoms with Crippen molar-refractivity contribution in [3.8, 4) is 0 Å². The van der Waals surface area contributed by atoms with Gasteiger partial charge in [-0.1, -0.05) is 0 Å². The molecule has 0 amide bonds. The Balaban J connectivity index is 1.95. The Labute approximate surface area is 78.9 Å². The molecular formula is C8H15NO3S. The molecular weight excluding hydrogens is 190 g/mol. The molecule has 1 heterocycles. The van der Waals surface area contributed by atoms with Crippen LogP contribution >= 0.6 is 0 Å². The van der Waals surface area contributed by atoms with Crippen LogP contribution in [0.15, 0.2) is 0 Å². The number of nitrogens with zero attached hydrogens (tertiary/aromatic N) is 1. The predicted molar refractivity (Wildman–Crippen MR) is 48.9 cm³/mol. The minimum absolute atomic E-state index is 0.354. The van der Waals surface area contributed by atoms with Crippen molar-refractivity contribution < 1.29 is 13.2 Å². The van der Waals surface area contributed by atoms with Crippen molar-refractivity contribution in [2.45, 2.75) is 12.8 Å². The Hall–Kier alpha value is -0.130. The average Bonchev–Trinajstić information content (AvgIpc) is 2.89. The van der Waals surface area contributed by atoms with E-state index >= 15 is 0 Å². The van der Waals surface area contributed by atoms with E-state index in [-0.39, 0.29) is 0 Å². The molecule has 0 N–H and O–H groups in total. The Kier molecular flexibility index (Phi) is 2.58. The molecule has 0 radical (unpaired) electrons. The summed E-state index contributed by atoms with van der Waals surface area (Å²) in [5.74, 6) is 0.792. The number of rotatable bonds is 3. The fourth-order valence-corrected chi connectivity index (χ4v) is 3.36. The molecule has 5 heteroatoms.